The standard InChI is InChI=1S/C52H57ClF2N8O7/c1-30-43-41(27-37(54)46(53)45(43)44-36(48(56)65)13-15-39(68-2)47(44)55)70-52(30,33-6-4-3-5-7-33)29-57-34-10-8-32(9-11-34)49(66)61-19-16-31(17-20-61)28-60-22-24-62(25-23-60)51-58-38-14-12-35(26-40(38)69-51)63-21-18-42(64)59-50(63)67/h3-7,12-15,26-27,30-32,34,57H,8-11,16-25,28-29H2,1-2H3,(H2,56,65)(H,59,64,67). The lowest BCUT2D eigenvalue weighted by Crippen LogP contribution is -2.50. The van der Waals surface area contributed by atoms with Crippen LogP contribution in [0.2, 0.25) is 5.02 Å². The number of fused-ring (bicyclic) bond motifs is 2. The number of nitrogens with zero attached hydrogens (tertiary/aromatic N) is 5. The number of oxazole rings is 1. The lowest BCUT2D eigenvalue weighted by Gasteiger charge is -2.40. The summed E-state index contributed by atoms with van der Waals surface area (Å²) < 4.78 is 50.2. The Morgan fingerprint density at radius 1 is 0.929 bits per heavy atom. The lowest BCUT2D eigenvalue weighted by atomic mass is 9.77. The number of hydrogen-bond donors (Lipinski definition) is 3. The summed E-state index contributed by atoms with van der Waals surface area (Å²) in [7, 11) is 1.30. The zero-order valence-corrected chi connectivity index (χ0v) is 40.0. The van der Waals surface area contributed by atoms with Crippen molar-refractivity contribution in [1.29, 1.82) is 0 Å². The van der Waals surface area contributed by atoms with Gasteiger partial charge in [0, 0.05) is 118 Å². The number of aromatic nitrogens is 1. The van der Waals surface area contributed by atoms with Crippen molar-refractivity contribution in [3.05, 3.63) is 100 Å². The minimum absolute atomic E-state index is 0.00321. The number of anilines is 2. The van der Waals surface area contributed by atoms with Gasteiger partial charge < -0.3 is 34.7 Å². The van der Waals surface area contributed by atoms with Crippen LogP contribution in [0, 0.1) is 23.5 Å². The minimum Gasteiger partial charge on any atom is -0.494 e. The Kier molecular flexibility index (Phi) is 13.2. The molecule has 3 saturated heterocycles. The molecule has 368 valence electrons. The minimum atomic E-state index is -1.07. The second-order valence-electron chi connectivity index (χ2n) is 19.3. The fourth-order valence-electron chi connectivity index (χ4n) is 11.3. The molecule has 70 heavy (non-hydrogen) atoms. The van der Waals surface area contributed by atoms with Crippen LogP contribution in [0.25, 0.3) is 22.2 Å². The molecule has 18 heteroatoms. The van der Waals surface area contributed by atoms with E-state index >= 15 is 8.78 Å². The van der Waals surface area contributed by atoms with E-state index in [2.05, 4.69) is 25.3 Å². The second kappa shape index (κ2) is 19.5. The SMILES string of the molecule is COc1ccc(C(N)=O)c(-c2c(Cl)c(F)cc3c2C(C)C(CNC2CCC(C(=O)N4CCC(CN5CCN(c6nc7ccc(N8CCC(=O)NC8=O)cc7o6)CC5)CC4)CC2)(c2ccccc2)O3)c1F. The van der Waals surface area contributed by atoms with Crippen LogP contribution in [0.1, 0.15) is 79.3 Å². The van der Waals surface area contributed by atoms with Crippen molar-refractivity contribution in [2.45, 2.75) is 69.4 Å². The molecular formula is C52H57ClF2N8O7. The second-order valence-corrected chi connectivity index (χ2v) is 19.7. The van der Waals surface area contributed by atoms with Crippen LogP contribution >= 0.6 is 11.6 Å². The van der Waals surface area contributed by atoms with Crippen molar-refractivity contribution < 1.29 is 41.8 Å². The predicted octanol–water partition coefficient (Wildman–Crippen LogP) is 7.58. The Balaban J connectivity index is 0.724. The Morgan fingerprint density at radius 3 is 2.37 bits per heavy atom. The Labute approximate surface area is 409 Å². The van der Waals surface area contributed by atoms with Gasteiger partial charge in [0.1, 0.15) is 17.1 Å². The molecule has 5 aromatic rings. The summed E-state index contributed by atoms with van der Waals surface area (Å²) in [5.74, 6) is -2.67. The highest BCUT2D eigenvalue weighted by molar-refractivity contribution is 6.34. The summed E-state index contributed by atoms with van der Waals surface area (Å²) in [5, 5.41) is 5.75. The number of methoxy groups -OCH3 is 1. The van der Waals surface area contributed by atoms with Gasteiger partial charge in [-0.1, -0.05) is 48.9 Å². The van der Waals surface area contributed by atoms with Crippen LogP contribution in [-0.2, 0) is 15.2 Å². The van der Waals surface area contributed by atoms with Crippen molar-refractivity contribution in [2.75, 3.05) is 75.8 Å². The van der Waals surface area contributed by atoms with E-state index < -0.39 is 35.1 Å². The normalized spacial score (nSPS) is 23.3. The number of primary amides is 1. The highest BCUT2D eigenvalue weighted by Crippen LogP contribution is 2.56. The van der Waals surface area contributed by atoms with Crippen LogP contribution in [0.3, 0.4) is 0 Å². The van der Waals surface area contributed by atoms with Gasteiger partial charge >= 0.3 is 6.03 Å². The number of carbonyl (C=O) groups is 4. The van der Waals surface area contributed by atoms with E-state index in [9.17, 15) is 19.2 Å². The number of likely N-dealkylation sites (tertiary alicyclic amines) is 1. The molecule has 4 N–H and O–H groups in total. The molecule has 5 amide bonds. The van der Waals surface area contributed by atoms with Crippen molar-refractivity contribution in [3.8, 4) is 22.6 Å². The number of halogens is 3. The first-order valence-corrected chi connectivity index (χ1v) is 24.6. The van der Waals surface area contributed by atoms with E-state index in [1.165, 1.54) is 30.2 Å². The summed E-state index contributed by atoms with van der Waals surface area (Å²) in [6, 6.07) is 19.2. The predicted molar refractivity (Wildman–Crippen MR) is 260 cm³/mol. The first kappa shape index (κ1) is 47.4. The van der Waals surface area contributed by atoms with Crippen molar-refractivity contribution >= 4 is 58.2 Å². The van der Waals surface area contributed by atoms with E-state index in [1.54, 1.807) is 6.07 Å². The maximum absolute atomic E-state index is 16.2. The fourth-order valence-corrected chi connectivity index (χ4v) is 11.6. The number of nitrogens with one attached hydrogen (secondary N) is 2. The van der Waals surface area contributed by atoms with Crippen LogP contribution in [0.15, 0.2) is 71.1 Å². The van der Waals surface area contributed by atoms with Gasteiger partial charge in [0.05, 0.1) is 17.7 Å². The smallest absolute Gasteiger partial charge is 0.328 e. The number of piperidine rings is 1. The molecular weight excluding hydrogens is 922 g/mol. The molecule has 1 aliphatic carbocycles. The Hall–Kier alpha value is -6.30. The monoisotopic (exact) mass is 978 g/mol. The molecule has 5 aliphatic rings. The Morgan fingerprint density at radius 2 is 1.67 bits per heavy atom. The van der Waals surface area contributed by atoms with E-state index in [1.807, 2.05) is 49.4 Å². The van der Waals surface area contributed by atoms with Gasteiger partial charge in [-0.15, -0.1) is 0 Å². The molecule has 0 bridgehead atoms. The molecule has 0 radical (unpaired) electrons. The highest BCUT2D eigenvalue weighted by atomic mass is 35.5. The highest BCUT2D eigenvalue weighted by Gasteiger charge is 2.50. The number of imide groups is 1. The summed E-state index contributed by atoms with van der Waals surface area (Å²) in [6.07, 6.45) is 5.27. The van der Waals surface area contributed by atoms with E-state index in [0.29, 0.717) is 47.4 Å². The number of urea groups is 1. The Bertz CT molecular complexity index is 2830. The van der Waals surface area contributed by atoms with Gasteiger partial charge in [-0.3, -0.25) is 29.5 Å². The van der Waals surface area contributed by atoms with Gasteiger partial charge in [0.2, 0.25) is 17.7 Å². The first-order valence-electron chi connectivity index (χ1n) is 24.3. The topological polar surface area (TPSA) is 176 Å². The number of hydrogen-bond acceptors (Lipinski definition) is 11. The van der Waals surface area contributed by atoms with Crippen molar-refractivity contribution in [2.24, 2.45) is 17.6 Å². The molecule has 1 aromatic heterocycles. The fraction of sp³-hybridized carbons (Fsp3) is 0.442. The van der Waals surface area contributed by atoms with Gasteiger partial charge in [0.15, 0.2) is 22.8 Å². The van der Waals surface area contributed by atoms with Gasteiger partial charge in [-0.25, -0.2) is 13.6 Å². The molecule has 2 atom stereocenters. The largest absolute Gasteiger partial charge is 0.494 e. The average molecular weight is 980 g/mol. The number of piperazine rings is 1. The first-order chi connectivity index (χ1) is 33.8. The van der Waals surface area contributed by atoms with Gasteiger partial charge in [0.25, 0.3) is 6.01 Å². The van der Waals surface area contributed by atoms with E-state index in [4.69, 9.17) is 36.2 Å². The number of carbonyl (C=O) groups excluding carboxylic acids is 4. The third-order valence-corrected chi connectivity index (χ3v) is 15.7. The lowest BCUT2D eigenvalue weighted by molar-refractivity contribution is -0.138. The molecule has 5 heterocycles. The molecule has 10 rings (SSSR count). The number of benzene rings is 4. The molecule has 1 saturated carbocycles. The molecule has 4 aromatic carbocycles. The van der Waals surface area contributed by atoms with Crippen molar-refractivity contribution in [1.82, 2.24) is 25.4 Å². The summed E-state index contributed by atoms with van der Waals surface area (Å²) >= 11 is 6.70. The number of ether oxygens (including phenoxy) is 2. The zero-order valence-electron chi connectivity index (χ0n) is 39.3. The van der Waals surface area contributed by atoms with Crippen LogP contribution in [0.4, 0.5) is 25.3 Å². The zero-order chi connectivity index (χ0) is 48.8. The van der Waals surface area contributed by atoms with E-state index in [-0.39, 0.29) is 63.4 Å². The van der Waals surface area contributed by atoms with E-state index in [0.717, 1.165) is 89.9 Å². The molecule has 15 nitrogen and oxygen atoms in total. The van der Waals surface area contributed by atoms with Crippen LogP contribution in [0.5, 0.6) is 11.5 Å². The maximum Gasteiger partial charge on any atom is 0.328 e. The summed E-state index contributed by atoms with van der Waals surface area (Å²) in [6.45, 7) is 8.37. The van der Waals surface area contributed by atoms with Crippen LogP contribution in [-0.4, -0.2) is 111 Å². The van der Waals surface area contributed by atoms with Crippen LogP contribution < -0.4 is 35.6 Å². The quantitative estimate of drug-likeness (QED) is 0.112. The third-order valence-electron chi connectivity index (χ3n) is 15.3. The maximum atomic E-state index is 16.2. The average Bonchev–Trinajstić information content (AvgIpc) is 3.92. The molecule has 0 spiro atoms. The number of amides is 5. The number of rotatable bonds is 12. The van der Waals surface area contributed by atoms with Gasteiger partial charge in [-0.05, 0) is 74.3 Å². The van der Waals surface area contributed by atoms with Crippen molar-refractivity contribution in [3.63, 3.8) is 0 Å². The molecule has 2 unspecified atom stereocenters. The summed E-state index contributed by atoms with van der Waals surface area (Å²) in [4.78, 5) is 63.6. The molecule has 4 aliphatic heterocycles. The third kappa shape index (κ3) is 8.91. The molecule has 4 fully saturated rings. The number of nitrogens with two attached hydrogens (primary N) is 1. The van der Waals surface area contributed by atoms with Gasteiger partial charge in [-0.2, -0.15) is 4.98 Å². The summed E-state index contributed by atoms with van der Waals surface area (Å²) in [5.41, 5.74) is 7.50.